The fourth-order valence-corrected chi connectivity index (χ4v) is 3.48. The summed E-state index contributed by atoms with van der Waals surface area (Å²) in [6.45, 7) is 1.92. The molecule has 1 aromatic heterocycles. The standard InChI is InChI=1S/C18H22N2O3S/c1-12-19-14(11-24-12)10-18(22)20-13-6-8-15(9-7-13)23-17-5-3-2-4-16(17)21/h6-9,11,16-17,21H,2-5,10H2,1H3,(H,20,22)/t16-,17-/m1/s1. The van der Waals surface area contributed by atoms with Crippen molar-refractivity contribution in [2.45, 2.75) is 51.2 Å². The summed E-state index contributed by atoms with van der Waals surface area (Å²) in [4.78, 5) is 16.3. The number of amides is 1. The Kier molecular flexibility index (Phi) is 5.48. The summed E-state index contributed by atoms with van der Waals surface area (Å²) in [5.74, 6) is 0.630. The summed E-state index contributed by atoms with van der Waals surface area (Å²) in [6.07, 6.45) is 3.58. The lowest BCUT2D eigenvalue weighted by Gasteiger charge is -2.28. The van der Waals surface area contributed by atoms with Gasteiger partial charge in [0.25, 0.3) is 0 Å². The molecule has 2 atom stereocenters. The highest BCUT2D eigenvalue weighted by Gasteiger charge is 2.24. The number of aromatic nitrogens is 1. The predicted octanol–water partition coefficient (Wildman–Crippen LogP) is 3.32. The molecule has 0 unspecified atom stereocenters. The van der Waals surface area contributed by atoms with Gasteiger partial charge in [0, 0.05) is 11.1 Å². The summed E-state index contributed by atoms with van der Waals surface area (Å²) in [5.41, 5.74) is 1.52. The zero-order chi connectivity index (χ0) is 16.9. The Morgan fingerprint density at radius 1 is 1.33 bits per heavy atom. The van der Waals surface area contributed by atoms with Crippen LogP contribution in [-0.2, 0) is 11.2 Å². The van der Waals surface area contributed by atoms with Gasteiger partial charge in [-0.25, -0.2) is 4.98 Å². The fourth-order valence-electron chi connectivity index (χ4n) is 2.87. The van der Waals surface area contributed by atoms with Gasteiger partial charge in [-0.1, -0.05) is 6.42 Å². The minimum absolute atomic E-state index is 0.0864. The Balaban J connectivity index is 1.53. The van der Waals surface area contributed by atoms with E-state index in [4.69, 9.17) is 4.74 Å². The van der Waals surface area contributed by atoms with Gasteiger partial charge in [-0.2, -0.15) is 0 Å². The van der Waals surface area contributed by atoms with Crippen LogP contribution in [0.2, 0.25) is 0 Å². The molecule has 1 amide bonds. The van der Waals surface area contributed by atoms with Crippen molar-refractivity contribution in [2.24, 2.45) is 0 Å². The molecule has 1 saturated carbocycles. The first-order valence-corrected chi connectivity index (χ1v) is 9.14. The molecule has 0 saturated heterocycles. The molecule has 1 aromatic carbocycles. The average Bonchev–Trinajstić information content (AvgIpc) is 2.96. The largest absolute Gasteiger partial charge is 0.488 e. The van der Waals surface area contributed by atoms with Crippen LogP contribution in [0.4, 0.5) is 5.69 Å². The number of benzene rings is 1. The number of ether oxygens (including phenoxy) is 1. The van der Waals surface area contributed by atoms with Crippen molar-refractivity contribution in [1.29, 1.82) is 0 Å². The van der Waals surface area contributed by atoms with Gasteiger partial charge in [-0.15, -0.1) is 11.3 Å². The van der Waals surface area contributed by atoms with Gasteiger partial charge in [-0.05, 0) is 50.5 Å². The zero-order valence-corrected chi connectivity index (χ0v) is 14.5. The number of carbonyl (C=O) groups excluding carboxylic acids is 1. The lowest BCUT2D eigenvalue weighted by atomic mass is 9.95. The van der Waals surface area contributed by atoms with Crippen LogP contribution in [0.3, 0.4) is 0 Å². The van der Waals surface area contributed by atoms with Crippen molar-refractivity contribution in [3.05, 3.63) is 40.3 Å². The molecule has 1 aliphatic carbocycles. The molecular weight excluding hydrogens is 324 g/mol. The normalized spacial score (nSPS) is 20.6. The Bertz CT molecular complexity index is 684. The topological polar surface area (TPSA) is 71.5 Å². The molecule has 6 heteroatoms. The first-order chi connectivity index (χ1) is 11.6. The van der Waals surface area contributed by atoms with Crippen LogP contribution in [0.15, 0.2) is 29.6 Å². The fraction of sp³-hybridized carbons (Fsp3) is 0.444. The van der Waals surface area contributed by atoms with Crippen molar-refractivity contribution in [1.82, 2.24) is 4.98 Å². The lowest BCUT2D eigenvalue weighted by molar-refractivity contribution is -0.115. The zero-order valence-electron chi connectivity index (χ0n) is 13.7. The molecule has 24 heavy (non-hydrogen) atoms. The van der Waals surface area contributed by atoms with Crippen LogP contribution in [0, 0.1) is 6.92 Å². The number of aliphatic hydroxyl groups excluding tert-OH is 1. The van der Waals surface area contributed by atoms with Gasteiger partial charge in [0.05, 0.1) is 23.2 Å². The highest BCUT2D eigenvalue weighted by molar-refractivity contribution is 7.09. The highest BCUT2D eigenvalue weighted by atomic mass is 32.1. The van der Waals surface area contributed by atoms with E-state index in [9.17, 15) is 9.90 Å². The summed E-state index contributed by atoms with van der Waals surface area (Å²) in [7, 11) is 0. The van der Waals surface area contributed by atoms with Crippen molar-refractivity contribution >= 4 is 22.9 Å². The van der Waals surface area contributed by atoms with Crippen LogP contribution in [0.25, 0.3) is 0 Å². The van der Waals surface area contributed by atoms with Crippen LogP contribution >= 0.6 is 11.3 Å². The maximum atomic E-state index is 12.0. The van der Waals surface area contributed by atoms with E-state index in [0.717, 1.165) is 42.1 Å². The van der Waals surface area contributed by atoms with E-state index in [1.165, 1.54) is 0 Å². The molecule has 128 valence electrons. The summed E-state index contributed by atoms with van der Waals surface area (Å²) >= 11 is 1.54. The lowest BCUT2D eigenvalue weighted by Crippen LogP contribution is -2.34. The van der Waals surface area contributed by atoms with E-state index in [0.29, 0.717) is 5.75 Å². The van der Waals surface area contributed by atoms with Crippen LogP contribution in [0.1, 0.15) is 36.4 Å². The number of anilines is 1. The Labute approximate surface area is 145 Å². The quantitative estimate of drug-likeness (QED) is 0.871. The molecule has 1 fully saturated rings. The first kappa shape index (κ1) is 16.9. The number of rotatable bonds is 5. The second-order valence-corrected chi connectivity index (χ2v) is 7.18. The SMILES string of the molecule is Cc1nc(CC(=O)Nc2ccc(O[C@@H]3CCCC[C@H]3O)cc2)cs1. The van der Waals surface area contributed by atoms with Gasteiger partial charge in [0.1, 0.15) is 11.9 Å². The molecule has 0 bridgehead atoms. The molecule has 2 aromatic rings. The van der Waals surface area contributed by atoms with Crippen LogP contribution in [0.5, 0.6) is 5.75 Å². The van der Waals surface area contributed by atoms with Crippen molar-refractivity contribution in [3.8, 4) is 5.75 Å². The van der Waals surface area contributed by atoms with E-state index in [-0.39, 0.29) is 24.5 Å². The Hall–Kier alpha value is -1.92. The van der Waals surface area contributed by atoms with Crippen molar-refractivity contribution in [2.75, 3.05) is 5.32 Å². The number of aryl methyl sites for hydroxylation is 1. The molecular formula is C18H22N2O3S. The van der Waals surface area contributed by atoms with Crippen molar-refractivity contribution < 1.29 is 14.6 Å². The maximum absolute atomic E-state index is 12.0. The molecule has 5 nitrogen and oxygen atoms in total. The van der Waals surface area contributed by atoms with Gasteiger partial charge in [0.15, 0.2) is 0 Å². The van der Waals surface area contributed by atoms with Gasteiger partial charge in [0.2, 0.25) is 5.91 Å². The number of aliphatic hydroxyl groups is 1. The summed E-state index contributed by atoms with van der Waals surface area (Å²) in [6, 6.07) is 7.28. The number of carbonyl (C=O) groups is 1. The number of thiazole rings is 1. The second-order valence-electron chi connectivity index (χ2n) is 6.12. The third kappa shape index (κ3) is 4.55. The van der Waals surface area contributed by atoms with Crippen LogP contribution < -0.4 is 10.1 Å². The molecule has 3 rings (SSSR count). The van der Waals surface area contributed by atoms with Gasteiger partial charge in [-0.3, -0.25) is 4.79 Å². The van der Waals surface area contributed by atoms with Crippen LogP contribution in [-0.4, -0.2) is 28.2 Å². The third-order valence-electron chi connectivity index (χ3n) is 4.10. The average molecular weight is 346 g/mol. The Morgan fingerprint density at radius 3 is 2.75 bits per heavy atom. The van der Waals surface area contributed by atoms with Gasteiger partial charge < -0.3 is 15.2 Å². The highest BCUT2D eigenvalue weighted by Crippen LogP contribution is 2.25. The third-order valence-corrected chi connectivity index (χ3v) is 4.92. The van der Waals surface area contributed by atoms with Gasteiger partial charge >= 0.3 is 0 Å². The number of hydrogen-bond donors (Lipinski definition) is 2. The molecule has 2 N–H and O–H groups in total. The number of hydrogen-bond acceptors (Lipinski definition) is 5. The van der Waals surface area contributed by atoms with E-state index < -0.39 is 0 Å². The Morgan fingerprint density at radius 2 is 2.08 bits per heavy atom. The second kappa shape index (κ2) is 7.77. The molecule has 0 aliphatic heterocycles. The maximum Gasteiger partial charge on any atom is 0.230 e. The van der Waals surface area contributed by atoms with E-state index in [1.54, 1.807) is 11.3 Å². The van der Waals surface area contributed by atoms with E-state index in [2.05, 4.69) is 10.3 Å². The smallest absolute Gasteiger partial charge is 0.230 e. The first-order valence-electron chi connectivity index (χ1n) is 8.26. The molecule has 1 aliphatic rings. The summed E-state index contributed by atoms with van der Waals surface area (Å²) < 4.78 is 5.85. The van der Waals surface area contributed by atoms with E-state index >= 15 is 0 Å². The predicted molar refractivity (Wildman–Crippen MR) is 94.5 cm³/mol. The number of nitrogens with one attached hydrogen (secondary N) is 1. The van der Waals surface area contributed by atoms with Crippen molar-refractivity contribution in [3.63, 3.8) is 0 Å². The molecule has 1 heterocycles. The minimum atomic E-state index is -0.389. The molecule has 0 spiro atoms. The number of nitrogens with zero attached hydrogens (tertiary/aromatic N) is 1. The minimum Gasteiger partial charge on any atom is -0.488 e. The van der Waals surface area contributed by atoms with E-state index in [1.807, 2.05) is 36.6 Å². The summed E-state index contributed by atoms with van der Waals surface area (Å²) in [5, 5.41) is 15.7. The molecule has 0 radical (unpaired) electrons. The monoisotopic (exact) mass is 346 g/mol.